The van der Waals surface area contributed by atoms with Gasteiger partial charge in [-0.15, -0.1) is 0 Å². The van der Waals surface area contributed by atoms with Gasteiger partial charge in [0.1, 0.15) is 5.54 Å². The topological polar surface area (TPSA) is 62.5 Å². The lowest BCUT2D eigenvalue weighted by Crippen LogP contribution is -2.53. The second-order valence-electron chi connectivity index (χ2n) is 7.62. The molecule has 1 unspecified atom stereocenters. The molecule has 2 aromatic carbocycles. The van der Waals surface area contributed by atoms with E-state index in [9.17, 15) is 26.7 Å². The van der Waals surface area contributed by atoms with Crippen LogP contribution in [0.4, 0.5) is 13.2 Å². The molecule has 1 heterocycles. The van der Waals surface area contributed by atoms with E-state index in [1.807, 2.05) is 53.1 Å². The molecule has 1 N–H and O–H groups in total. The summed E-state index contributed by atoms with van der Waals surface area (Å²) in [7, 11) is -4.16. The second kappa shape index (κ2) is 6.72. The van der Waals surface area contributed by atoms with E-state index in [1.54, 1.807) is 0 Å². The minimum absolute atomic E-state index is 0.0199. The fourth-order valence-corrected chi connectivity index (χ4v) is 5.44. The summed E-state index contributed by atoms with van der Waals surface area (Å²) in [6.45, 7) is -0.632. The smallest absolute Gasteiger partial charge is 0.390 e. The highest BCUT2D eigenvalue weighted by atomic mass is 32.2. The van der Waals surface area contributed by atoms with Crippen molar-refractivity contribution in [2.45, 2.75) is 37.2 Å². The van der Waals surface area contributed by atoms with Crippen LogP contribution in [0.15, 0.2) is 48.5 Å². The number of alkyl halides is 3. The molecule has 0 amide bonds. The van der Waals surface area contributed by atoms with Gasteiger partial charge in [-0.3, -0.25) is 0 Å². The van der Waals surface area contributed by atoms with Gasteiger partial charge >= 0.3 is 6.18 Å². The Morgan fingerprint density at radius 2 is 1.55 bits per heavy atom. The van der Waals surface area contributed by atoms with E-state index < -0.39 is 34.4 Å². The van der Waals surface area contributed by atoms with Crippen molar-refractivity contribution in [3.05, 3.63) is 48.5 Å². The number of aromatic nitrogens is 1. The zero-order chi connectivity index (χ0) is 21.0. The fourth-order valence-electron chi connectivity index (χ4n) is 4.08. The number of sulfonamides is 1. The Bertz CT molecular complexity index is 1110. The molecular formula is C20H21F3N2O3S. The Balaban J connectivity index is 1.68. The molecule has 1 saturated carbocycles. The highest BCUT2D eigenvalue weighted by molar-refractivity contribution is 7.88. The highest BCUT2D eigenvalue weighted by Crippen LogP contribution is 2.54. The highest BCUT2D eigenvalue weighted by Gasteiger charge is 2.69. The van der Waals surface area contributed by atoms with Crippen LogP contribution in [0.1, 0.15) is 12.8 Å². The largest absolute Gasteiger partial charge is 0.407 e. The Kier molecular flexibility index (Phi) is 4.67. The summed E-state index contributed by atoms with van der Waals surface area (Å²) < 4.78 is 67.1. The van der Waals surface area contributed by atoms with Gasteiger partial charge in [-0.25, -0.2) is 8.42 Å². The number of nitrogens with zero attached hydrogens (tertiary/aromatic N) is 2. The molecule has 0 bridgehead atoms. The predicted octanol–water partition coefficient (Wildman–Crippen LogP) is 3.51. The van der Waals surface area contributed by atoms with E-state index in [0.29, 0.717) is 4.31 Å². The Hall–Kier alpha value is -2.10. The number of hydrogen-bond acceptors (Lipinski definition) is 3. The maximum atomic E-state index is 13.5. The number of aliphatic hydroxyl groups excluding tert-OH is 1. The van der Waals surface area contributed by atoms with Crippen LogP contribution in [-0.2, 0) is 16.6 Å². The van der Waals surface area contributed by atoms with E-state index in [0.717, 1.165) is 28.1 Å². The molecule has 0 saturated heterocycles. The van der Waals surface area contributed by atoms with Crippen LogP contribution in [0.3, 0.4) is 0 Å². The number of para-hydroxylation sites is 2. The lowest BCUT2D eigenvalue weighted by Gasteiger charge is -2.33. The third-order valence-electron chi connectivity index (χ3n) is 5.58. The maximum Gasteiger partial charge on any atom is 0.407 e. The zero-order valence-corrected chi connectivity index (χ0v) is 16.5. The molecule has 0 aliphatic heterocycles. The predicted molar refractivity (Wildman–Crippen MR) is 105 cm³/mol. The van der Waals surface area contributed by atoms with Crippen LogP contribution >= 0.6 is 0 Å². The molecule has 1 aromatic heterocycles. The van der Waals surface area contributed by atoms with Crippen molar-refractivity contribution in [1.29, 1.82) is 0 Å². The summed E-state index contributed by atoms with van der Waals surface area (Å²) in [6, 6.07) is 15.1. The van der Waals surface area contributed by atoms with Gasteiger partial charge in [-0.05, 0) is 25.0 Å². The molecule has 3 aromatic rings. The van der Waals surface area contributed by atoms with Gasteiger partial charge in [0.25, 0.3) is 0 Å². The van der Waals surface area contributed by atoms with Gasteiger partial charge in [-0.2, -0.15) is 17.5 Å². The first-order valence-electron chi connectivity index (χ1n) is 9.23. The van der Waals surface area contributed by atoms with Gasteiger partial charge in [0.05, 0.1) is 18.9 Å². The summed E-state index contributed by atoms with van der Waals surface area (Å²) in [5, 5.41) is 12.6. The van der Waals surface area contributed by atoms with Gasteiger partial charge < -0.3 is 9.67 Å². The average Bonchev–Trinajstić information content (AvgIpc) is 3.40. The van der Waals surface area contributed by atoms with Crippen LogP contribution in [-0.4, -0.2) is 53.0 Å². The molecule has 156 valence electrons. The molecule has 1 aliphatic rings. The van der Waals surface area contributed by atoms with Crippen molar-refractivity contribution in [2.24, 2.45) is 0 Å². The summed E-state index contributed by atoms with van der Waals surface area (Å²) in [5.74, 6) is 0. The zero-order valence-electron chi connectivity index (χ0n) is 15.7. The third-order valence-corrected chi connectivity index (χ3v) is 6.88. The van der Waals surface area contributed by atoms with Gasteiger partial charge in [0.15, 0.2) is 0 Å². The molecule has 0 spiro atoms. The van der Waals surface area contributed by atoms with Crippen molar-refractivity contribution in [3.63, 3.8) is 0 Å². The first kappa shape index (κ1) is 20.2. The van der Waals surface area contributed by atoms with Gasteiger partial charge in [0, 0.05) is 28.4 Å². The average molecular weight is 426 g/mol. The van der Waals surface area contributed by atoms with Crippen molar-refractivity contribution in [3.8, 4) is 0 Å². The Morgan fingerprint density at radius 3 is 1.97 bits per heavy atom. The van der Waals surface area contributed by atoms with E-state index >= 15 is 0 Å². The minimum atomic E-state index is -4.68. The quantitative estimate of drug-likeness (QED) is 0.656. The molecule has 29 heavy (non-hydrogen) atoms. The maximum absolute atomic E-state index is 13.5. The lowest BCUT2D eigenvalue weighted by molar-refractivity contribution is -0.184. The standard InChI is InChI=1S/C20H21F3N2O3S/c1-29(27,28)25(19(10-11-19)20(21,22)23)13-14(26)12-24-17-8-4-2-6-15(17)16-7-3-5-9-18(16)24/h2-9,14,26H,10-13H2,1H3. The number of fused-ring (bicyclic) bond motifs is 3. The third kappa shape index (κ3) is 3.41. The van der Waals surface area contributed by atoms with Crippen molar-refractivity contribution < 1.29 is 26.7 Å². The summed E-state index contributed by atoms with van der Waals surface area (Å²) in [5.41, 5.74) is -0.742. The molecule has 0 radical (unpaired) electrons. The molecule has 1 aliphatic carbocycles. The summed E-state index contributed by atoms with van der Waals surface area (Å²) in [4.78, 5) is 0. The van der Waals surface area contributed by atoms with Crippen LogP contribution in [0.25, 0.3) is 21.8 Å². The molecular weight excluding hydrogens is 405 g/mol. The lowest BCUT2D eigenvalue weighted by atomic mass is 10.2. The number of benzene rings is 2. The van der Waals surface area contributed by atoms with E-state index in [1.165, 1.54) is 0 Å². The Labute approximate surface area is 166 Å². The number of hydrogen-bond donors (Lipinski definition) is 1. The molecule has 5 nitrogen and oxygen atoms in total. The van der Waals surface area contributed by atoms with Crippen LogP contribution < -0.4 is 0 Å². The van der Waals surface area contributed by atoms with Crippen LogP contribution in [0, 0.1) is 0 Å². The fraction of sp³-hybridized carbons (Fsp3) is 0.400. The second-order valence-corrected chi connectivity index (χ2v) is 9.53. The van der Waals surface area contributed by atoms with Crippen molar-refractivity contribution in [2.75, 3.05) is 12.8 Å². The van der Waals surface area contributed by atoms with Crippen molar-refractivity contribution in [1.82, 2.24) is 8.87 Å². The monoisotopic (exact) mass is 426 g/mol. The van der Waals surface area contributed by atoms with Gasteiger partial charge in [0.2, 0.25) is 10.0 Å². The number of halogens is 3. The van der Waals surface area contributed by atoms with Crippen LogP contribution in [0.2, 0.25) is 0 Å². The minimum Gasteiger partial charge on any atom is -0.390 e. The van der Waals surface area contributed by atoms with E-state index in [-0.39, 0.29) is 19.4 Å². The normalized spacial score (nSPS) is 17.9. The SMILES string of the molecule is CS(=O)(=O)N(CC(O)Cn1c2ccccc2c2ccccc21)C1(C(F)(F)F)CC1. The van der Waals surface area contributed by atoms with Crippen molar-refractivity contribution >= 4 is 31.8 Å². The molecule has 1 atom stereocenters. The number of rotatable bonds is 6. The molecule has 4 rings (SSSR count). The molecule has 9 heteroatoms. The van der Waals surface area contributed by atoms with Crippen LogP contribution in [0.5, 0.6) is 0 Å². The van der Waals surface area contributed by atoms with Gasteiger partial charge in [-0.1, -0.05) is 36.4 Å². The number of β-amino-alcohol motifs (C(OH)–C–C–N with tert-alkyl or cyclic N) is 1. The Morgan fingerprint density at radius 1 is 1.07 bits per heavy atom. The first-order valence-corrected chi connectivity index (χ1v) is 11.1. The van der Waals surface area contributed by atoms with E-state index in [2.05, 4.69) is 0 Å². The number of aliphatic hydroxyl groups is 1. The first-order chi connectivity index (χ1) is 13.5. The summed E-state index contributed by atoms with van der Waals surface area (Å²) >= 11 is 0. The molecule has 1 fully saturated rings. The van der Waals surface area contributed by atoms with E-state index in [4.69, 9.17) is 0 Å². The summed E-state index contributed by atoms with van der Waals surface area (Å²) in [6.07, 6.45) is -5.80.